The van der Waals surface area contributed by atoms with E-state index in [1.54, 1.807) is 6.92 Å². The Labute approximate surface area is 242 Å². The monoisotopic (exact) mass is 582 g/mol. The Balaban J connectivity index is 2.03. The SMILES string of the molecule is COC(=O)CCc1c(C(=O)OCc2ccccc2)[nH]c(Cc2[nH]c(C(=O)O)c(CC(=O)OC)c2CCC(=O)OC)c1C. The molecule has 12 heteroatoms. The van der Waals surface area contributed by atoms with Crippen molar-refractivity contribution in [3.05, 3.63) is 80.9 Å². The lowest BCUT2D eigenvalue weighted by molar-refractivity contribution is -0.141. The minimum absolute atomic E-state index is 0.0208. The predicted molar refractivity (Wildman–Crippen MR) is 148 cm³/mol. The Morgan fingerprint density at radius 3 is 1.88 bits per heavy atom. The van der Waals surface area contributed by atoms with E-state index in [-0.39, 0.29) is 62.1 Å². The van der Waals surface area contributed by atoms with Gasteiger partial charge in [0.25, 0.3) is 0 Å². The number of methoxy groups -OCH3 is 3. The van der Waals surface area contributed by atoms with Crippen molar-refractivity contribution in [1.29, 1.82) is 0 Å². The van der Waals surface area contributed by atoms with E-state index in [0.717, 1.165) is 5.56 Å². The van der Waals surface area contributed by atoms with E-state index in [1.807, 2.05) is 30.3 Å². The summed E-state index contributed by atoms with van der Waals surface area (Å²) in [6.45, 7) is 1.81. The van der Waals surface area contributed by atoms with Crippen LogP contribution in [0.5, 0.6) is 0 Å². The Morgan fingerprint density at radius 2 is 1.31 bits per heavy atom. The van der Waals surface area contributed by atoms with E-state index in [0.29, 0.717) is 28.1 Å². The summed E-state index contributed by atoms with van der Waals surface area (Å²) in [7, 11) is 3.72. The van der Waals surface area contributed by atoms with E-state index in [1.165, 1.54) is 21.3 Å². The summed E-state index contributed by atoms with van der Waals surface area (Å²) in [4.78, 5) is 67.3. The summed E-state index contributed by atoms with van der Waals surface area (Å²) >= 11 is 0. The quantitative estimate of drug-likeness (QED) is 0.189. The molecule has 0 radical (unpaired) electrons. The highest BCUT2D eigenvalue weighted by Crippen LogP contribution is 2.28. The summed E-state index contributed by atoms with van der Waals surface area (Å²) in [6.07, 6.45) is 0.0294. The molecule has 0 unspecified atom stereocenters. The standard InChI is InChI=1S/C30H34N2O10/c1-17-19(10-12-24(33)39-2)28(30(38)42-16-18-8-6-5-7-9-18)31-22(17)15-23-20(11-13-25(34)40-3)21(14-26(35)41-4)27(32-23)29(36)37/h5-9,31-32H,10-16H2,1-4H3,(H,36,37). The Morgan fingerprint density at radius 1 is 0.738 bits per heavy atom. The maximum atomic E-state index is 13.2. The van der Waals surface area contributed by atoms with Crippen molar-refractivity contribution < 1.29 is 48.0 Å². The van der Waals surface area contributed by atoms with Crippen molar-refractivity contribution in [3.63, 3.8) is 0 Å². The average molecular weight is 583 g/mol. The van der Waals surface area contributed by atoms with Crippen LogP contribution in [0.25, 0.3) is 0 Å². The molecule has 224 valence electrons. The molecule has 3 aromatic rings. The molecule has 0 atom stereocenters. The predicted octanol–water partition coefficient (Wildman–Crippen LogP) is 3.22. The highest BCUT2D eigenvalue weighted by atomic mass is 16.5. The van der Waals surface area contributed by atoms with Crippen LogP contribution >= 0.6 is 0 Å². The summed E-state index contributed by atoms with van der Waals surface area (Å²) in [6, 6.07) is 9.16. The van der Waals surface area contributed by atoms with Gasteiger partial charge in [0.05, 0.1) is 27.8 Å². The number of aromatic nitrogens is 2. The number of aromatic amines is 2. The maximum Gasteiger partial charge on any atom is 0.355 e. The van der Waals surface area contributed by atoms with Crippen molar-refractivity contribution in [1.82, 2.24) is 9.97 Å². The van der Waals surface area contributed by atoms with Gasteiger partial charge in [-0.1, -0.05) is 30.3 Å². The number of hydrogen-bond donors (Lipinski definition) is 3. The van der Waals surface area contributed by atoms with Crippen molar-refractivity contribution in [2.75, 3.05) is 21.3 Å². The van der Waals surface area contributed by atoms with Gasteiger partial charge in [-0.05, 0) is 47.6 Å². The van der Waals surface area contributed by atoms with Gasteiger partial charge in [0.15, 0.2) is 0 Å². The van der Waals surface area contributed by atoms with Crippen LogP contribution < -0.4 is 0 Å². The number of H-pyrrole nitrogens is 2. The zero-order chi connectivity index (χ0) is 30.8. The fourth-order valence-corrected chi connectivity index (χ4v) is 4.67. The maximum absolute atomic E-state index is 13.2. The largest absolute Gasteiger partial charge is 0.477 e. The van der Waals surface area contributed by atoms with Gasteiger partial charge in [-0.25, -0.2) is 9.59 Å². The summed E-state index contributed by atoms with van der Waals surface area (Å²) in [5.74, 6) is -3.51. The van der Waals surface area contributed by atoms with Crippen LogP contribution in [0, 0.1) is 6.92 Å². The molecule has 0 aliphatic heterocycles. The molecule has 0 aliphatic carbocycles. The number of hydrogen-bond acceptors (Lipinski definition) is 9. The molecule has 3 N–H and O–H groups in total. The Hall–Kier alpha value is -4.87. The molecule has 0 bridgehead atoms. The minimum atomic E-state index is -1.29. The molecule has 0 aliphatic rings. The normalized spacial score (nSPS) is 10.7. The van der Waals surface area contributed by atoms with Gasteiger partial charge in [0.1, 0.15) is 18.0 Å². The van der Waals surface area contributed by atoms with E-state index in [9.17, 15) is 29.1 Å². The number of rotatable bonds is 14. The van der Waals surface area contributed by atoms with Crippen molar-refractivity contribution in [2.24, 2.45) is 0 Å². The lowest BCUT2D eigenvalue weighted by Gasteiger charge is -2.08. The van der Waals surface area contributed by atoms with Gasteiger partial charge >= 0.3 is 29.8 Å². The van der Waals surface area contributed by atoms with Crippen molar-refractivity contribution in [2.45, 2.75) is 52.1 Å². The topological polar surface area (TPSA) is 174 Å². The van der Waals surface area contributed by atoms with E-state index < -0.39 is 29.8 Å². The molecule has 0 saturated carbocycles. The summed E-state index contributed by atoms with van der Waals surface area (Å²) in [5, 5.41) is 9.86. The molecule has 0 amide bonds. The first-order valence-corrected chi connectivity index (χ1v) is 13.2. The molecular formula is C30H34N2O10. The second-order valence-electron chi connectivity index (χ2n) is 9.47. The first-order chi connectivity index (χ1) is 20.1. The number of benzene rings is 1. The van der Waals surface area contributed by atoms with E-state index in [4.69, 9.17) is 18.9 Å². The number of carboxylic acids is 1. The lowest BCUT2D eigenvalue weighted by atomic mass is 9.97. The Kier molecular flexibility index (Phi) is 11.1. The molecule has 2 aromatic heterocycles. The second-order valence-corrected chi connectivity index (χ2v) is 9.47. The van der Waals surface area contributed by atoms with Gasteiger partial charge in [-0.2, -0.15) is 0 Å². The van der Waals surface area contributed by atoms with Gasteiger partial charge in [-0.15, -0.1) is 0 Å². The van der Waals surface area contributed by atoms with Crippen LogP contribution in [0.1, 0.15) is 73.0 Å². The van der Waals surface area contributed by atoms with Gasteiger partial charge in [-0.3, -0.25) is 14.4 Å². The third kappa shape index (κ3) is 7.87. The van der Waals surface area contributed by atoms with Gasteiger partial charge in [0, 0.05) is 30.7 Å². The Bertz CT molecular complexity index is 1450. The highest BCUT2D eigenvalue weighted by molar-refractivity contribution is 5.91. The third-order valence-corrected chi connectivity index (χ3v) is 6.94. The van der Waals surface area contributed by atoms with Crippen LogP contribution in [0.15, 0.2) is 30.3 Å². The molecule has 3 rings (SSSR count). The number of nitrogens with one attached hydrogen (secondary N) is 2. The van der Waals surface area contributed by atoms with E-state index in [2.05, 4.69) is 9.97 Å². The number of carboxylic acid groups (broad SMARTS) is 1. The molecule has 12 nitrogen and oxygen atoms in total. The highest BCUT2D eigenvalue weighted by Gasteiger charge is 2.27. The molecule has 0 saturated heterocycles. The zero-order valence-electron chi connectivity index (χ0n) is 24.0. The first-order valence-electron chi connectivity index (χ1n) is 13.2. The van der Waals surface area contributed by atoms with Crippen molar-refractivity contribution in [3.8, 4) is 0 Å². The number of aromatic carboxylic acids is 1. The summed E-state index contributed by atoms with van der Waals surface area (Å²) < 4.78 is 19.8. The van der Waals surface area contributed by atoms with Crippen LogP contribution in [-0.4, -0.2) is 66.3 Å². The smallest absolute Gasteiger partial charge is 0.355 e. The van der Waals surface area contributed by atoms with Crippen LogP contribution in [-0.2, 0) is 65.6 Å². The van der Waals surface area contributed by atoms with Gasteiger partial charge < -0.3 is 34.0 Å². The fraction of sp³-hybridized carbons (Fsp3) is 0.367. The van der Waals surface area contributed by atoms with Crippen LogP contribution in [0.3, 0.4) is 0 Å². The van der Waals surface area contributed by atoms with Crippen LogP contribution in [0.2, 0.25) is 0 Å². The van der Waals surface area contributed by atoms with Gasteiger partial charge in [0.2, 0.25) is 0 Å². The molecule has 0 spiro atoms. The number of esters is 4. The first kappa shape index (κ1) is 31.7. The molecule has 2 heterocycles. The molecule has 1 aromatic carbocycles. The average Bonchev–Trinajstić information content (AvgIpc) is 3.49. The second kappa shape index (κ2) is 14.7. The van der Waals surface area contributed by atoms with E-state index >= 15 is 0 Å². The number of carbonyl (C=O) groups is 5. The number of ether oxygens (including phenoxy) is 4. The van der Waals surface area contributed by atoms with Crippen LogP contribution in [0.4, 0.5) is 0 Å². The lowest BCUT2D eigenvalue weighted by Crippen LogP contribution is -2.11. The minimum Gasteiger partial charge on any atom is -0.477 e. The van der Waals surface area contributed by atoms with Crippen molar-refractivity contribution >= 4 is 29.8 Å². The fourth-order valence-electron chi connectivity index (χ4n) is 4.67. The summed E-state index contributed by atoms with van der Waals surface area (Å²) in [5.41, 5.74) is 3.65. The molecule has 42 heavy (non-hydrogen) atoms. The number of carbonyl (C=O) groups excluding carboxylic acids is 4. The zero-order valence-corrected chi connectivity index (χ0v) is 24.0. The molecular weight excluding hydrogens is 548 g/mol. The third-order valence-electron chi connectivity index (χ3n) is 6.94. The molecule has 0 fully saturated rings.